The Balaban J connectivity index is 2.52. The van der Waals surface area contributed by atoms with E-state index < -0.39 is 9.84 Å². The van der Waals surface area contributed by atoms with Gasteiger partial charge in [-0.05, 0) is 29.8 Å². The van der Waals surface area contributed by atoms with E-state index in [0.29, 0.717) is 5.69 Å². The van der Waals surface area contributed by atoms with E-state index in [0.717, 1.165) is 5.56 Å². The highest BCUT2D eigenvalue weighted by molar-refractivity contribution is 7.91. The zero-order chi connectivity index (χ0) is 13.2. The van der Waals surface area contributed by atoms with Crippen LogP contribution in [0.25, 0.3) is 0 Å². The van der Waals surface area contributed by atoms with Crippen molar-refractivity contribution >= 4 is 15.5 Å². The van der Waals surface area contributed by atoms with Gasteiger partial charge in [-0.15, -0.1) is 0 Å². The van der Waals surface area contributed by atoms with Crippen molar-refractivity contribution in [1.29, 1.82) is 0 Å². The Morgan fingerprint density at radius 1 is 0.944 bits per heavy atom. The summed E-state index contributed by atoms with van der Waals surface area (Å²) < 4.78 is 24.6. The summed E-state index contributed by atoms with van der Waals surface area (Å²) in [5.74, 6) is 0. The Hall–Kier alpha value is -1.85. The number of hydrogen-bond acceptors (Lipinski definition) is 4. The number of rotatable bonds is 3. The van der Waals surface area contributed by atoms with Gasteiger partial charge in [0.25, 0.3) is 0 Å². The summed E-state index contributed by atoms with van der Waals surface area (Å²) in [4.78, 5) is 0.438. The second-order valence-corrected chi connectivity index (χ2v) is 5.83. The van der Waals surface area contributed by atoms with Gasteiger partial charge < -0.3 is 11.5 Å². The van der Waals surface area contributed by atoms with Crippen molar-refractivity contribution in [2.45, 2.75) is 16.3 Å². The maximum atomic E-state index is 12.3. The monoisotopic (exact) mass is 262 g/mol. The molecule has 0 bridgehead atoms. The van der Waals surface area contributed by atoms with Gasteiger partial charge in [0, 0.05) is 12.2 Å². The van der Waals surface area contributed by atoms with Crippen LogP contribution in [0.3, 0.4) is 0 Å². The molecule has 0 spiro atoms. The van der Waals surface area contributed by atoms with Gasteiger partial charge >= 0.3 is 0 Å². The van der Waals surface area contributed by atoms with E-state index in [1.807, 2.05) is 0 Å². The Kier molecular flexibility index (Phi) is 3.36. The standard InChI is InChI=1S/C13H14N2O2S/c14-9-10-6-7-12(8-13(10)15)18(16,17)11-4-2-1-3-5-11/h1-8H,9,14-15H2. The molecule has 0 aliphatic carbocycles. The first-order valence-electron chi connectivity index (χ1n) is 5.44. The van der Waals surface area contributed by atoms with Crippen LogP contribution in [0.1, 0.15) is 5.56 Å². The maximum Gasteiger partial charge on any atom is 0.206 e. The fourth-order valence-electron chi connectivity index (χ4n) is 1.66. The minimum Gasteiger partial charge on any atom is -0.398 e. The summed E-state index contributed by atoms with van der Waals surface area (Å²) in [6, 6.07) is 12.9. The molecule has 5 heteroatoms. The van der Waals surface area contributed by atoms with E-state index in [1.54, 1.807) is 36.4 Å². The topological polar surface area (TPSA) is 86.2 Å². The van der Waals surface area contributed by atoms with E-state index in [4.69, 9.17) is 11.5 Å². The molecule has 0 amide bonds. The average Bonchev–Trinajstić information content (AvgIpc) is 2.39. The molecule has 0 unspecified atom stereocenters. The second kappa shape index (κ2) is 4.80. The fourth-order valence-corrected chi connectivity index (χ4v) is 2.98. The van der Waals surface area contributed by atoms with E-state index >= 15 is 0 Å². The second-order valence-electron chi connectivity index (χ2n) is 3.88. The lowest BCUT2D eigenvalue weighted by atomic mass is 10.2. The lowest BCUT2D eigenvalue weighted by molar-refractivity contribution is 0.596. The quantitative estimate of drug-likeness (QED) is 0.822. The average molecular weight is 262 g/mol. The summed E-state index contributed by atoms with van der Waals surface area (Å²) in [7, 11) is -3.51. The Bertz CT molecular complexity index is 652. The van der Waals surface area contributed by atoms with Crippen LogP contribution in [-0.4, -0.2) is 8.42 Å². The first-order chi connectivity index (χ1) is 8.55. The molecular formula is C13H14N2O2S. The molecule has 18 heavy (non-hydrogen) atoms. The van der Waals surface area contributed by atoms with Crippen molar-refractivity contribution in [2.24, 2.45) is 5.73 Å². The molecule has 2 rings (SSSR count). The molecule has 0 aromatic heterocycles. The molecule has 0 saturated heterocycles. The van der Waals surface area contributed by atoms with Gasteiger partial charge in [-0.3, -0.25) is 0 Å². The number of nitrogens with two attached hydrogens (primary N) is 2. The van der Waals surface area contributed by atoms with Crippen LogP contribution >= 0.6 is 0 Å². The lowest BCUT2D eigenvalue weighted by Gasteiger charge is -2.08. The predicted molar refractivity (Wildman–Crippen MR) is 70.6 cm³/mol. The largest absolute Gasteiger partial charge is 0.398 e. The molecule has 2 aromatic carbocycles. The third-order valence-electron chi connectivity index (χ3n) is 2.70. The van der Waals surface area contributed by atoms with Crippen LogP contribution < -0.4 is 11.5 Å². The maximum absolute atomic E-state index is 12.3. The smallest absolute Gasteiger partial charge is 0.206 e. The minimum atomic E-state index is -3.51. The molecule has 94 valence electrons. The number of hydrogen-bond donors (Lipinski definition) is 2. The molecule has 0 aliphatic heterocycles. The molecule has 0 heterocycles. The molecule has 0 saturated carbocycles. The normalized spacial score (nSPS) is 11.4. The van der Waals surface area contributed by atoms with Crippen molar-refractivity contribution in [3.63, 3.8) is 0 Å². The van der Waals surface area contributed by atoms with Crippen LogP contribution in [0.4, 0.5) is 5.69 Å². The molecule has 4 nitrogen and oxygen atoms in total. The van der Waals surface area contributed by atoms with Gasteiger partial charge in [-0.25, -0.2) is 8.42 Å². The summed E-state index contributed by atoms with van der Waals surface area (Å²) in [6.07, 6.45) is 0. The summed E-state index contributed by atoms with van der Waals surface area (Å²) in [6.45, 7) is 0.289. The van der Waals surface area contributed by atoms with Crippen LogP contribution in [0.15, 0.2) is 58.3 Å². The van der Waals surface area contributed by atoms with Crippen LogP contribution in [0.2, 0.25) is 0 Å². The molecule has 0 radical (unpaired) electrons. The van der Waals surface area contributed by atoms with E-state index in [1.165, 1.54) is 12.1 Å². The lowest BCUT2D eigenvalue weighted by Crippen LogP contribution is -2.06. The highest BCUT2D eigenvalue weighted by Gasteiger charge is 2.17. The molecule has 4 N–H and O–H groups in total. The number of anilines is 1. The molecule has 0 fully saturated rings. The summed E-state index contributed by atoms with van der Waals surface area (Å²) in [5, 5.41) is 0. The third kappa shape index (κ3) is 2.23. The predicted octanol–water partition coefficient (Wildman–Crippen LogP) is 1.56. The van der Waals surface area contributed by atoms with Gasteiger partial charge in [0.05, 0.1) is 9.79 Å². The first-order valence-corrected chi connectivity index (χ1v) is 6.92. The van der Waals surface area contributed by atoms with Crippen molar-refractivity contribution in [2.75, 3.05) is 5.73 Å². The molecule has 2 aromatic rings. The summed E-state index contributed by atoms with van der Waals surface area (Å²) >= 11 is 0. The van der Waals surface area contributed by atoms with Crippen molar-refractivity contribution in [3.05, 3.63) is 54.1 Å². The van der Waals surface area contributed by atoms with Gasteiger partial charge in [0.1, 0.15) is 0 Å². The first kappa shape index (κ1) is 12.6. The fraction of sp³-hybridized carbons (Fsp3) is 0.0769. The van der Waals surface area contributed by atoms with E-state index in [2.05, 4.69) is 0 Å². The Labute approximate surface area is 106 Å². The molecular weight excluding hydrogens is 248 g/mol. The van der Waals surface area contributed by atoms with Gasteiger partial charge in [-0.1, -0.05) is 24.3 Å². The zero-order valence-electron chi connectivity index (χ0n) is 9.71. The van der Waals surface area contributed by atoms with Gasteiger partial charge in [0.2, 0.25) is 9.84 Å². The highest BCUT2D eigenvalue weighted by atomic mass is 32.2. The number of benzene rings is 2. The summed E-state index contributed by atoms with van der Waals surface area (Å²) in [5.41, 5.74) is 12.4. The Morgan fingerprint density at radius 2 is 1.61 bits per heavy atom. The van der Waals surface area contributed by atoms with Crippen LogP contribution in [-0.2, 0) is 16.4 Å². The van der Waals surface area contributed by atoms with E-state index in [-0.39, 0.29) is 16.3 Å². The SMILES string of the molecule is NCc1ccc(S(=O)(=O)c2ccccc2)cc1N. The minimum absolute atomic E-state index is 0.184. The van der Waals surface area contributed by atoms with Crippen molar-refractivity contribution < 1.29 is 8.42 Å². The third-order valence-corrected chi connectivity index (χ3v) is 4.47. The van der Waals surface area contributed by atoms with Crippen molar-refractivity contribution in [3.8, 4) is 0 Å². The Morgan fingerprint density at radius 3 is 2.17 bits per heavy atom. The van der Waals surface area contributed by atoms with Crippen LogP contribution in [0.5, 0.6) is 0 Å². The van der Waals surface area contributed by atoms with Gasteiger partial charge in [0.15, 0.2) is 0 Å². The van der Waals surface area contributed by atoms with E-state index in [9.17, 15) is 8.42 Å². The molecule has 0 atom stereocenters. The van der Waals surface area contributed by atoms with Crippen molar-refractivity contribution in [1.82, 2.24) is 0 Å². The molecule has 0 aliphatic rings. The van der Waals surface area contributed by atoms with Gasteiger partial charge in [-0.2, -0.15) is 0 Å². The number of nitrogen functional groups attached to an aromatic ring is 1. The van der Waals surface area contributed by atoms with Crippen LogP contribution in [0, 0.1) is 0 Å². The zero-order valence-corrected chi connectivity index (χ0v) is 10.5. The highest BCUT2D eigenvalue weighted by Crippen LogP contribution is 2.23. The number of sulfone groups is 1.